The maximum atomic E-state index is 13.4. The second-order valence-corrected chi connectivity index (χ2v) is 8.31. The van der Waals surface area contributed by atoms with Gasteiger partial charge in [-0.2, -0.15) is 4.98 Å². The highest BCUT2D eigenvalue weighted by Crippen LogP contribution is 2.36. The van der Waals surface area contributed by atoms with Gasteiger partial charge >= 0.3 is 0 Å². The van der Waals surface area contributed by atoms with Crippen molar-refractivity contribution in [1.29, 1.82) is 0 Å². The number of hydrogen-bond donors (Lipinski definition) is 2. The second kappa shape index (κ2) is 8.96. The van der Waals surface area contributed by atoms with Crippen molar-refractivity contribution < 1.29 is 18.5 Å². The van der Waals surface area contributed by atoms with Gasteiger partial charge in [0.2, 0.25) is 11.7 Å². The molecule has 1 amide bonds. The van der Waals surface area contributed by atoms with E-state index in [1.807, 2.05) is 0 Å². The van der Waals surface area contributed by atoms with E-state index >= 15 is 0 Å². The van der Waals surface area contributed by atoms with Crippen LogP contribution in [0.2, 0.25) is 5.02 Å². The Morgan fingerprint density at radius 2 is 1.79 bits per heavy atom. The number of carbonyl (C=O) groups is 2. The molecular weight excluding hydrogens is 471 g/mol. The Balaban J connectivity index is 1.68. The lowest BCUT2D eigenvalue weighted by atomic mass is 10.2. The first-order valence-corrected chi connectivity index (χ1v) is 10.7. The summed E-state index contributed by atoms with van der Waals surface area (Å²) in [4.78, 5) is 34.8. The number of aromatic nitrogens is 3. The SMILES string of the molecule is CC(C(N)=O)N(c1ccc(F)cc1)c1nc(N)c(C(=O)c2nc(-c3ccc(Cl)cc3)no2)s1. The fraction of sp³-hybridized carbons (Fsp3) is 0.0952. The van der Waals surface area contributed by atoms with Crippen molar-refractivity contribution in [2.24, 2.45) is 5.73 Å². The predicted octanol–water partition coefficient (Wildman–Crippen LogP) is 3.81. The van der Waals surface area contributed by atoms with Crippen LogP contribution in [0, 0.1) is 5.82 Å². The highest BCUT2D eigenvalue weighted by atomic mass is 35.5. The molecule has 2 aromatic heterocycles. The van der Waals surface area contributed by atoms with Gasteiger partial charge in [-0.05, 0) is 55.5 Å². The third-order valence-electron chi connectivity index (χ3n) is 4.68. The van der Waals surface area contributed by atoms with Gasteiger partial charge in [-0.3, -0.25) is 9.59 Å². The zero-order valence-corrected chi connectivity index (χ0v) is 18.6. The summed E-state index contributed by atoms with van der Waals surface area (Å²) in [7, 11) is 0. The third-order valence-corrected chi connectivity index (χ3v) is 6.00. The number of primary amides is 1. The van der Waals surface area contributed by atoms with Crippen molar-refractivity contribution in [3.05, 3.63) is 70.1 Å². The zero-order valence-electron chi connectivity index (χ0n) is 17.0. The maximum absolute atomic E-state index is 13.4. The molecule has 12 heteroatoms. The molecule has 0 spiro atoms. The van der Waals surface area contributed by atoms with Crippen LogP contribution in [-0.4, -0.2) is 32.9 Å². The summed E-state index contributed by atoms with van der Waals surface area (Å²) in [6.07, 6.45) is 0. The minimum atomic E-state index is -0.858. The number of nitrogen functional groups attached to an aromatic ring is 1. The summed E-state index contributed by atoms with van der Waals surface area (Å²) in [6.45, 7) is 1.56. The van der Waals surface area contributed by atoms with Crippen molar-refractivity contribution >= 4 is 51.3 Å². The van der Waals surface area contributed by atoms with Crippen LogP contribution in [0.4, 0.5) is 21.0 Å². The summed E-state index contributed by atoms with van der Waals surface area (Å²) in [5, 5.41) is 4.58. The smallest absolute Gasteiger partial charge is 0.300 e. The fourth-order valence-corrected chi connectivity index (χ4v) is 4.09. The van der Waals surface area contributed by atoms with Crippen LogP contribution >= 0.6 is 22.9 Å². The topological polar surface area (TPSA) is 141 Å². The Hall–Kier alpha value is -3.83. The van der Waals surface area contributed by atoms with E-state index < -0.39 is 23.5 Å². The second-order valence-electron chi connectivity index (χ2n) is 6.89. The average molecular weight is 487 g/mol. The predicted molar refractivity (Wildman–Crippen MR) is 122 cm³/mol. The van der Waals surface area contributed by atoms with E-state index in [2.05, 4.69) is 15.1 Å². The first-order chi connectivity index (χ1) is 15.7. The number of anilines is 3. The van der Waals surface area contributed by atoms with Crippen LogP contribution in [0.25, 0.3) is 11.4 Å². The first kappa shape index (κ1) is 22.4. The molecule has 0 saturated heterocycles. The lowest BCUT2D eigenvalue weighted by Gasteiger charge is -2.26. The number of nitrogens with two attached hydrogens (primary N) is 2. The van der Waals surface area contributed by atoms with Crippen LogP contribution in [0.3, 0.4) is 0 Å². The molecule has 0 aliphatic rings. The molecule has 168 valence electrons. The minimum absolute atomic E-state index is 0.0417. The molecule has 0 aliphatic heterocycles. The zero-order chi connectivity index (χ0) is 23.7. The molecule has 4 rings (SSSR count). The first-order valence-electron chi connectivity index (χ1n) is 9.49. The van der Waals surface area contributed by atoms with Gasteiger partial charge < -0.3 is 20.9 Å². The Morgan fingerprint density at radius 1 is 1.12 bits per heavy atom. The van der Waals surface area contributed by atoms with E-state index in [9.17, 15) is 14.0 Å². The van der Waals surface area contributed by atoms with Crippen molar-refractivity contribution in [3.8, 4) is 11.4 Å². The molecule has 1 atom stereocenters. The molecule has 0 radical (unpaired) electrons. The fourth-order valence-electron chi connectivity index (χ4n) is 2.94. The van der Waals surface area contributed by atoms with Crippen LogP contribution in [0.15, 0.2) is 53.1 Å². The van der Waals surface area contributed by atoms with Gasteiger partial charge in [0, 0.05) is 16.3 Å². The monoisotopic (exact) mass is 486 g/mol. The number of hydrogen-bond acceptors (Lipinski definition) is 9. The number of benzene rings is 2. The van der Waals surface area contributed by atoms with E-state index in [4.69, 9.17) is 27.6 Å². The van der Waals surface area contributed by atoms with Gasteiger partial charge in [-0.25, -0.2) is 9.37 Å². The number of nitrogens with zero attached hydrogens (tertiary/aromatic N) is 4. The van der Waals surface area contributed by atoms with Crippen molar-refractivity contribution in [2.75, 3.05) is 10.6 Å². The number of ketones is 1. The Labute approximate surface area is 195 Å². The quantitative estimate of drug-likeness (QED) is 0.375. The average Bonchev–Trinajstić information content (AvgIpc) is 3.42. The molecule has 9 nitrogen and oxygen atoms in total. The summed E-state index contributed by atoms with van der Waals surface area (Å²) < 4.78 is 18.5. The van der Waals surface area contributed by atoms with Crippen molar-refractivity contribution in [2.45, 2.75) is 13.0 Å². The van der Waals surface area contributed by atoms with E-state index in [0.717, 1.165) is 11.3 Å². The van der Waals surface area contributed by atoms with E-state index in [0.29, 0.717) is 16.3 Å². The molecule has 0 fully saturated rings. The van der Waals surface area contributed by atoms with Gasteiger partial charge in [0.1, 0.15) is 22.6 Å². The van der Waals surface area contributed by atoms with Gasteiger partial charge in [-0.1, -0.05) is 28.1 Å². The van der Waals surface area contributed by atoms with Crippen LogP contribution < -0.4 is 16.4 Å². The summed E-state index contributed by atoms with van der Waals surface area (Å²) in [5.41, 5.74) is 12.5. The number of amides is 1. The molecule has 2 aromatic carbocycles. The van der Waals surface area contributed by atoms with Crippen LogP contribution in [0.5, 0.6) is 0 Å². The Kier molecular flexibility index (Phi) is 6.07. The molecule has 0 aliphatic carbocycles. The van der Waals surface area contributed by atoms with Gasteiger partial charge in [0.25, 0.3) is 11.7 Å². The van der Waals surface area contributed by atoms with Crippen LogP contribution in [0.1, 0.15) is 22.5 Å². The standard InChI is InChI=1S/C21H16ClFN6O3S/c1-10(18(25)31)29(14-8-6-13(23)7-9-14)21-26-17(24)16(33-21)15(30)20-27-19(28-32-20)11-2-4-12(22)5-3-11/h2-10H,24H2,1H3,(H2,25,31). The van der Waals surface area contributed by atoms with E-state index in [1.165, 1.54) is 29.2 Å². The molecule has 0 saturated carbocycles. The largest absolute Gasteiger partial charge is 0.382 e. The molecule has 0 bridgehead atoms. The van der Waals surface area contributed by atoms with Gasteiger partial charge in [0.15, 0.2) is 5.13 Å². The van der Waals surface area contributed by atoms with Crippen molar-refractivity contribution in [1.82, 2.24) is 15.1 Å². The molecule has 1 unspecified atom stereocenters. The number of thiazole rings is 1. The summed E-state index contributed by atoms with van der Waals surface area (Å²) in [6, 6.07) is 11.2. The lowest BCUT2D eigenvalue weighted by Crippen LogP contribution is -2.39. The number of rotatable bonds is 7. The Bertz CT molecular complexity index is 1320. The minimum Gasteiger partial charge on any atom is -0.382 e. The lowest BCUT2D eigenvalue weighted by molar-refractivity contribution is -0.118. The van der Waals surface area contributed by atoms with Crippen molar-refractivity contribution in [3.63, 3.8) is 0 Å². The summed E-state index contributed by atoms with van der Waals surface area (Å²) >= 11 is 6.80. The molecule has 33 heavy (non-hydrogen) atoms. The van der Waals surface area contributed by atoms with Gasteiger partial charge in [0.05, 0.1) is 0 Å². The molecular formula is C21H16ClFN6O3S. The molecule has 4 N–H and O–H groups in total. The van der Waals surface area contributed by atoms with Gasteiger partial charge in [-0.15, -0.1) is 0 Å². The number of halogens is 2. The van der Waals surface area contributed by atoms with Crippen LogP contribution in [-0.2, 0) is 4.79 Å². The van der Waals surface area contributed by atoms with E-state index in [-0.39, 0.29) is 27.5 Å². The maximum Gasteiger partial charge on any atom is 0.300 e. The summed E-state index contributed by atoms with van der Waals surface area (Å²) in [5.74, 6) is -1.89. The number of carbonyl (C=O) groups excluding carboxylic acids is 2. The Morgan fingerprint density at radius 3 is 2.42 bits per heavy atom. The highest BCUT2D eigenvalue weighted by Gasteiger charge is 2.29. The third kappa shape index (κ3) is 4.54. The molecule has 4 aromatic rings. The highest BCUT2D eigenvalue weighted by molar-refractivity contribution is 7.18. The normalized spacial score (nSPS) is 11.8. The molecule has 2 heterocycles. The van der Waals surface area contributed by atoms with E-state index in [1.54, 1.807) is 31.2 Å².